The molecule has 0 radical (unpaired) electrons. The highest BCUT2D eigenvalue weighted by molar-refractivity contribution is 5.94. The summed E-state index contributed by atoms with van der Waals surface area (Å²) in [7, 11) is 0. The molecular weight excluding hydrogens is 278 g/mol. The third-order valence-corrected chi connectivity index (χ3v) is 4.19. The normalized spacial score (nSPS) is 21.5. The molecule has 116 valence electrons. The van der Waals surface area contributed by atoms with Crippen molar-refractivity contribution in [3.63, 3.8) is 0 Å². The summed E-state index contributed by atoms with van der Waals surface area (Å²) in [4.78, 5) is 16.1. The van der Waals surface area contributed by atoms with Gasteiger partial charge in [0.15, 0.2) is 0 Å². The van der Waals surface area contributed by atoms with E-state index >= 15 is 0 Å². The first-order valence-electron chi connectivity index (χ1n) is 7.65. The maximum Gasteiger partial charge on any atom is 0.253 e. The Hall–Kier alpha value is -2.37. The van der Waals surface area contributed by atoms with Crippen molar-refractivity contribution in [2.45, 2.75) is 44.7 Å². The molecular formula is C16H21N5O. The molecule has 3 rings (SSSR count). The maximum atomic E-state index is 12.2. The van der Waals surface area contributed by atoms with E-state index in [0.717, 1.165) is 25.7 Å². The van der Waals surface area contributed by atoms with Crippen LogP contribution in [0, 0.1) is 6.92 Å². The van der Waals surface area contributed by atoms with Gasteiger partial charge < -0.3 is 11.1 Å². The lowest BCUT2D eigenvalue weighted by atomic mass is 9.91. The van der Waals surface area contributed by atoms with Crippen LogP contribution in [0.1, 0.15) is 47.6 Å². The quantitative estimate of drug-likeness (QED) is 0.908. The summed E-state index contributed by atoms with van der Waals surface area (Å²) in [5.74, 6) is 0.345. The van der Waals surface area contributed by atoms with E-state index in [-0.39, 0.29) is 11.9 Å². The number of amides is 1. The molecule has 6 nitrogen and oxygen atoms in total. The molecule has 2 heterocycles. The lowest BCUT2D eigenvalue weighted by Crippen LogP contribution is -2.38. The number of nitrogen functional groups attached to an aromatic ring is 1. The van der Waals surface area contributed by atoms with Crippen LogP contribution >= 0.6 is 0 Å². The summed E-state index contributed by atoms with van der Waals surface area (Å²) >= 11 is 0. The number of hydrogen-bond acceptors (Lipinski definition) is 4. The molecule has 1 fully saturated rings. The summed E-state index contributed by atoms with van der Waals surface area (Å²) in [5.41, 5.74) is 7.27. The predicted molar refractivity (Wildman–Crippen MR) is 84.4 cm³/mol. The molecule has 2 aromatic heterocycles. The van der Waals surface area contributed by atoms with Gasteiger partial charge in [0.25, 0.3) is 5.91 Å². The Morgan fingerprint density at radius 1 is 1.27 bits per heavy atom. The lowest BCUT2D eigenvalue weighted by Gasteiger charge is -2.29. The smallest absolute Gasteiger partial charge is 0.253 e. The fourth-order valence-electron chi connectivity index (χ4n) is 2.93. The molecule has 0 aromatic carbocycles. The Balaban J connectivity index is 1.53. The van der Waals surface area contributed by atoms with Crippen molar-refractivity contribution >= 4 is 11.7 Å². The first-order chi connectivity index (χ1) is 10.6. The van der Waals surface area contributed by atoms with E-state index in [2.05, 4.69) is 33.2 Å². The summed E-state index contributed by atoms with van der Waals surface area (Å²) in [6.45, 7) is 2.05. The number of carbonyl (C=O) groups excluding carboxylic acids is 1. The molecule has 0 spiro atoms. The van der Waals surface area contributed by atoms with Crippen LogP contribution in [0.25, 0.3) is 0 Å². The molecule has 0 atom stereocenters. The Morgan fingerprint density at radius 3 is 2.64 bits per heavy atom. The van der Waals surface area contributed by atoms with E-state index in [0.29, 0.717) is 17.4 Å². The summed E-state index contributed by atoms with van der Waals surface area (Å²) < 4.78 is 2.05. The molecule has 0 unspecified atom stereocenters. The van der Waals surface area contributed by atoms with Crippen molar-refractivity contribution in [2.75, 3.05) is 5.73 Å². The van der Waals surface area contributed by atoms with Crippen molar-refractivity contribution < 1.29 is 4.79 Å². The standard InChI is InChI=1S/C16H21N5O/c1-11-8-19-21(10-11)14-5-3-13(4-6-14)20-16(22)12-2-7-15(17)18-9-12/h2,7-10,13-14H,3-6H2,1H3,(H2,17,18)(H,20,22). The highest BCUT2D eigenvalue weighted by atomic mass is 16.1. The molecule has 1 aliphatic carbocycles. The first kappa shape index (κ1) is 14.6. The summed E-state index contributed by atoms with van der Waals surface area (Å²) in [6, 6.07) is 4.01. The van der Waals surface area contributed by atoms with Gasteiger partial charge in [0, 0.05) is 18.4 Å². The van der Waals surface area contributed by atoms with E-state index < -0.39 is 0 Å². The summed E-state index contributed by atoms with van der Waals surface area (Å²) in [5, 5.41) is 7.47. The largest absolute Gasteiger partial charge is 0.384 e. The van der Waals surface area contributed by atoms with Crippen LogP contribution in [-0.4, -0.2) is 26.7 Å². The zero-order chi connectivity index (χ0) is 15.5. The monoisotopic (exact) mass is 299 g/mol. The van der Waals surface area contributed by atoms with E-state index in [1.54, 1.807) is 12.1 Å². The number of rotatable bonds is 3. The molecule has 0 aliphatic heterocycles. The second-order valence-electron chi connectivity index (χ2n) is 5.95. The van der Waals surface area contributed by atoms with E-state index in [4.69, 9.17) is 5.73 Å². The number of carbonyl (C=O) groups is 1. The number of nitrogens with zero attached hydrogens (tertiary/aromatic N) is 3. The lowest BCUT2D eigenvalue weighted by molar-refractivity contribution is 0.0921. The molecule has 3 N–H and O–H groups in total. The minimum absolute atomic E-state index is 0.0779. The van der Waals surface area contributed by atoms with Gasteiger partial charge in [-0.05, 0) is 50.3 Å². The Labute approximate surface area is 129 Å². The first-order valence-corrected chi connectivity index (χ1v) is 7.65. The van der Waals surface area contributed by atoms with Gasteiger partial charge in [-0.15, -0.1) is 0 Å². The number of hydrogen-bond donors (Lipinski definition) is 2. The van der Waals surface area contributed by atoms with E-state index in [1.807, 2.05) is 6.20 Å². The Bertz CT molecular complexity index is 641. The van der Waals surface area contributed by atoms with Crippen molar-refractivity contribution in [3.8, 4) is 0 Å². The second-order valence-corrected chi connectivity index (χ2v) is 5.95. The molecule has 6 heteroatoms. The van der Waals surface area contributed by atoms with Gasteiger partial charge in [-0.25, -0.2) is 4.98 Å². The highest BCUT2D eigenvalue weighted by Gasteiger charge is 2.24. The van der Waals surface area contributed by atoms with Gasteiger partial charge >= 0.3 is 0 Å². The van der Waals surface area contributed by atoms with Gasteiger partial charge in [-0.2, -0.15) is 5.10 Å². The zero-order valence-corrected chi connectivity index (χ0v) is 12.7. The van der Waals surface area contributed by atoms with Gasteiger partial charge in [-0.1, -0.05) is 0 Å². The molecule has 1 saturated carbocycles. The number of aromatic nitrogens is 3. The Kier molecular flexibility index (Phi) is 4.09. The van der Waals surface area contributed by atoms with Crippen molar-refractivity contribution in [1.29, 1.82) is 0 Å². The minimum Gasteiger partial charge on any atom is -0.384 e. The Morgan fingerprint density at radius 2 is 2.05 bits per heavy atom. The molecule has 1 amide bonds. The van der Waals surface area contributed by atoms with E-state index in [9.17, 15) is 4.79 Å². The SMILES string of the molecule is Cc1cnn(C2CCC(NC(=O)c3ccc(N)nc3)CC2)c1. The average Bonchev–Trinajstić information content (AvgIpc) is 2.95. The topological polar surface area (TPSA) is 85.8 Å². The fraction of sp³-hybridized carbons (Fsp3) is 0.438. The van der Waals surface area contributed by atoms with E-state index in [1.165, 1.54) is 11.8 Å². The minimum atomic E-state index is -0.0779. The van der Waals surface area contributed by atoms with Crippen molar-refractivity contribution in [3.05, 3.63) is 41.9 Å². The van der Waals surface area contributed by atoms with Gasteiger partial charge in [0.2, 0.25) is 0 Å². The molecule has 1 aliphatic rings. The van der Waals surface area contributed by atoms with Crippen LogP contribution in [0.4, 0.5) is 5.82 Å². The number of aryl methyl sites for hydroxylation is 1. The maximum absolute atomic E-state index is 12.2. The summed E-state index contributed by atoms with van der Waals surface area (Å²) in [6.07, 6.45) is 9.50. The van der Waals surface area contributed by atoms with Gasteiger partial charge in [0.05, 0.1) is 17.8 Å². The predicted octanol–water partition coefficient (Wildman–Crippen LogP) is 2.08. The van der Waals surface area contributed by atoms with Crippen molar-refractivity contribution in [1.82, 2.24) is 20.1 Å². The number of pyridine rings is 1. The van der Waals surface area contributed by atoms with Crippen LogP contribution < -0.4 is 11.1 Å². The molecule has 0 bridgehead atoms. The van der Waals surface area contributed by atoms with Crippen LogP contribution in [0.3, 0.4) is 0 Å². The average molecular weight is 299 g/mol. The van der Waals surface area contributed by atoms with Crippen LogP contribution in [0.15, 0.2) is 30.7 Å². The van der Waals surface area contributed by atoms with Gasteiger partial charge in [-0.3, -0.25) is 9.48 Å². The third kappa shape index (κ3) is 3.27. The highest BCUT2D eigenvalue weighted by Crippen LogP contribution is 2.28. The molecule has 22 heavy (non-hydrogen) atoms. The van der Waals surface area contributed by atoms with Crippen LogP contribution in [-0.2, 0) is 0 Å². The number of nitrogens with one attached hydrogen (secondary N) is 1. The van der Waals surface area contributed by atoms with Crippen molar-refractivity contribution in [2.24, 2.45) is 0 Å². The number of anilines is 1. The molecule has 2 aromatic rings. The fourth-order valence-corrected chi connectivity index (χ4v) is 2.93. The number of nitrogens with two attached hydrogens (primary N) is 1. The van der Waals surface area contributed by atoms with Gasteiger partial charge in [0.1, 0.15) is 5.82 Å². The zero-order valence-electron chi connectivity index (χ0n) is 12.7. The van der Waals surface area contributed by atoms with Crippen LogP contribution in [0.5, 0.6) is 0 Å². The second kappa shape index (κ2) is 6.17. The molecule has 0 saturated heterocycles. The van der Waals surface area contributed by atoms with Crippen LogP contribution in [0.2, 0.25) is 0 Å². The third-order valence-electron chi connectivity index (χ3n) is 4.19.